The van der Waals surface area contributed by atoms with Gasteiger partial charge in [0.05, 0.1) is 22.5 Å². The molecule has 25 heavy (non-hydrogen) atoms. The highest BCUT2D eigenvalue weighted by molar-refractivity contribution is 7.17. The number of aryl methyl sites for hydroxylation is 1. The fourth-order valence-corrected chi connectivity index (χ4v) is 4.15. The molecule has 4 nitrogen and oxygen atoms in total. The molecule has 0 aliphatic carbocycles. The molecule has 0 aliphatic heterocycles. The number of aromatic nitrogens is 1. The van der Waals surface area contributed by atoms with Gasteiger partial charge in [-0.1, -0.05) is 17.7 Å². The second-order valence-corrected chi connectivity index (χ2v) is 7.87. The molecular weight excluding hydrogens is 376 g/mol. The first-order valence-electron chi connectivity index (χ1n) is 7.72. The number of benzene rings is 1. The molecule has 0 unspecified atom stereocenters. The van der Waals surface area contributed by atoms with Crippen LogP contribution in [0.2, 0.25) is 5.02 Å². The summed E-state index contributed by atoms with van der Waals surface area (Å²) in [4.78, 5) is 17.8. The van der Waals surface area contributed by atoms with E-state index in [0.717, 1.165) is 10.6 Å². The first-order chi connectivity index (χ1) is 12.0. The number of thiazole rings is 1. The number of carbonyl (C=O) groups excluding carboxylic acids is 1. The van der Waals surface area contributed by atoms with Gasteiger partial charge in [0.1, 0.15) is 9.88 Å². The van der Waals surface area contributed by atoms with Gasteiger partial charge in [-0.05, 0) is 44.4 Å². The van der Waals surface area contributed by atoms with Crippen molar-refractivity contribution in [3.8, 4) is 16.3 Å². The Bertz CT molecular complexity index is 889. The number of rotatable bonds is 5. The van der Waals surface area contributed by atoms with Crippen LogP contribution in [0.4, 0.5) is 5.69 Å². The van der Waals surface area contributed by atoms with Crippen molar-refractivity contribution in [3.63, 3.8) is 0 Å². The van der Waals surface area contributed by atoms with E-state index in [1.807, 2.05) is 37.6 Å². The topological polar surface area (TPSA) is 51.2 Å². The van der Waals surface area contributed by atoms with Gasteiger partial charge in [-0.2, -0.15) is 11.3 Å². The summed E-state index contributed by atoms with van der Waals surface area (Å²) in [5.41, 5.74) is 2.29. The van der Waals surface area contributed by atoms with Crippen molar-refractivity contribution >= 4 is 45.9 Å². The molecule has 130 valence electrons. The zero-order valence-corrected chi connectivity index (χ0v) is 16.4. The molecule has 3 aromatic rings. The minimum Gasteiger partial charge on any atom is -0.487 e. The largest absolute Gasteiger partial charge is 0.487 e. The van der Waals surface area contributed by atoms with Crippen LogP contribution in [0, 0.1) is 6.92 Å². The number of anilines is 1. The zero-order chi connectivity index (χ0) is 18.0. The summed E-state index contributed by atoms with van der Waals surface area (Å²) in [6.07, 6.45) is -0.0501. The SMILES string of the molecule is Cc1nc(-c2ccsc2)sc1C(=O)Nc1cccc(Cl)c1OC(C)C. The smallest absolute Gasteiger partial charge is 0.267 e. The number of hydrogen-bond acceptors (Lipinski definition) is 5. The molecule has 1 aromatic carbocycles. The van der Waals surface area contributed by atoms with Crippen molar-refractivity contribution in [1.29, 1.82) is 0 Å². The Morgan fingerprint density at radius 3 is 2.80 bits per heavy atom. The van der Waals surface area contributed by atoms with E-state index in [2.05, 4.69) is 10.3 Å². The van der Waals surface area contributed by atoms with Crippen LogP contribution >= 0.6 is 34.3 Å². The van der Waals surface area contributed by atoms with E-state index in [-0.39, 0.29) is 12.0 Å². The van der Waals surface area contributed by atoms with Crippen molar-refractivity contribution in [2.75, 3.05) is 5.32 Å². The minimum atomic E-state index is -0.215. The number of carbonyl (C=O) groups is 1. The molecule has 0 radical (unpaired) electrons. The Morgan fingerprint density at radius 2 is 2.12 bits per heavy atom. The molecule has 0 aliphatic rings. The third kappa shape index (κ3) is 4.03. The molecule has 0 atom stereocenters. The Balaban J connectivity index is 1.87. The highest BCUT2D eigenvalue weighted by Crippen LogP contribution is 2.35. The van der Waals surface area contributed by atoms with E-state index in [4.69, 9.17) is 16.3 Å². The van der Waals surface area contributed by atoms with Crippen LogP contribution in [0.25, 0.3) is 10.6 Å². The van der Waals surface area contributed by atoms with Crippen LogP contribution in [-0.4, -0.2) is 17.0 Å². The number of halogens is 1. The summed E-state index contributed by atoms with van der Waals surface area (Å²) < 4.78 is 5.75. The molecule has 1 amide bonds. The van der Waals surface area contributed by atoms with Crippen LogP contribution in [-0.2, 0) is 0 Å². The van der Waals surface area contributed by atoms with Gasteiger partial charge >= 0.3 is 0 Å². The monoisotopic (exact) mass is 392 g/mol. The lowest BCUT2D eigenvalue weighted by molar-refractivity contribution is 0.102. The van der Waals surface area contributed by atoms with Crippen LogP contribution in [0.15, 0.2) is 35.0 Å². The molecule has 0 fully saturated rings. The van der Waals surface area contributed by atoms with Gasteiger partial charge in [-0.15, -0.1) is 11.3 Å². The van der Waals surface area contributed by atoms with Crippen molar-refractivity contribution in [3.05, 3.63) is 50.6 Å². The number of nitrogens with zero attached hydrogens (tertiary/aromatic N) is 1. The van der Waals surface area contributed by atoms with Crippen LogP contribution in [0.3, 0.4) is 0 Å². The van der Waals surface area contributed by atoms with Crippen LogP contribution in [0.5, 0.6) is 5.75 Å². The number of hydrogen-bond donors (Lipinski definition) is 1. The first kappa shape index (κ1) is 17.9. The highest BCUT2D eigenvalue weighted by atomic mass is 35.5. The molecule has 2 aromatic heterocycles. The number of thiophene rings is 1. The lowest BCUT2D eigenvalue weighted by Crippen LogP contribution is -2.14. The molecule has 0 saturated carbocycles. The highest BCUT2D eigenvalue weighted by Gasteiger charge is 2.19. The van der Waals surface area contributed by atoms with Gasteiger partial charge in [0.2, 0.25) is 0 Å². The van der Waals surface area contributed by atoms with E-state index in [9.17, 15) is 4.79 Å². The molecule has 2 heterocycles. The Kier molecular flexibility index (Phi) is 5.42. The van der Waals surface area contributed by atoms with Crippen molar-refractivity contribution in [2.24, 2.45) is 0 Å². The van der Waals surface area contributed by atoms with Crippen LogP contribution in [0.1, 0.15) is 29.2 Å². The average molecular weight is 393 g/mol. The summed E-state index contributed by atoms with van der Waals surface area (Å²) in [7, 11) is 0. The van der Waals surface area contributed by atoms with E-state index in [1.165, 1.54) is 11.3 Å². The summed E-state index contributed by atoms with van der Waals surface area (Å²) in [6, 6.07) is 7.29. The van der Waals surface area contributed by atoms with Gasteiger partial charge in [-0.25, -0.2) is 4.98 Å². The van der Waals surface area contributed by atoms with E-state index < -0.39 is 0 Å². The molecule has 1 N–H and O–H groups in total. The van der Waals surface area contributed by atoms with Crippen molar-refractivity contribution < 1.29 is 9.53 Å². The fourth-order valence-electron chi connectivity index (χ4n) is 2.26. The molecular formula is C18H17ClN2O2S2. The van der Waals surface area contributed by atoms with Gasteiger partial charge < -0.3 is 10.1 Å². The number of para-hydroxylation sites is 1. The third-order valence-electron chi connectivity index (χ3n) is 3.34. The third-order valence-corrected chi connectivity index (χ3v) is 5.53. The minimum absolute atomic E-state index is 0.0501. The maximum Gasteiger partial charge on any atom is 0.267 e. The second kappa shape index (κ2) is 7.56. The van der Waals surface area contributed by atoms with Gasteiger partial charge in [0.25, 0.3) is 5.91 Å². The number of ether oxygens (including phenoxy) is 1. The Hall–Kier alpha value is -1.89. The standard InChI is InChI=1S/C18H17ClN2O2S2/c1-10(2)23-15-13(19)5-4-6-14(15)21-17(22)16-11(3)20-18(25-16)12-7-8-24-9-12/h4-10H,1-3H3,(H,21,22). The first-order valence-corrected chi connectivity index (χ1v) is 9.86. The lowest BCUT2D eigenvalue weighted by atomic mass is 10.2. The average Bonchev–Trinajstić information content (AvgIpc) is 3.19. The van der Waals surface area contributed by atoms with Gasteiger partial charge in [0.15, 0.2) is 5.75 Å². The maximum absolute atomic E-state index is 12.7. The summed E-state index contributed by atoms with van der Waals surface area (Å²) in [5, 5.41) is 8.22. The second-order valence-electron chi connectivity index (χ2n) is 5.68. The maximum atomic E-state index is 12.7. The number of nitrogens with one attached hydrogen (secondary N) is 1. The lowest BCUT2D eigenvalue weighted by Gasteiger charge is -2.16. The van der Waals surface area contributed by atoms with E-state index >= 15 is 0 Å². The molecule has 0 bridgehead atoms. The quantitative estimate of drug-likeness (QED) is 0.590. The molecule has 3 rings (SSSR count). The molecule has 0 saturated heterocycles. The Morgan fingerprint density at radius 1 is 1.32 bits per heavy atom. The summed E-state index contributed by atoms with van der Waals surface area (Å²) in [5.74, 6) is 0.264. The van der Waals surface area contributed by atoms with E-state index in [1.54, 1.807) is 29.5 Å². The predicted molar refractivity (Wildman–Crippen MR) is 105 cm³/mol. The molecule has 0 spiro atoms. The number of amides is 1. The Labute approximate surface area is 159 Å². The normalized spacial score (nSPS) is 10.9. The predicted octanol–water partition coefficient (Wildman–Crippen LogP) is 5.87. The summed E-state index contributed by atoms with van der Waals surface area (Å²) >= 11 is 9.20. The zero-order valence-electron chi connectivity index (χ0n) is 14.0. The van der Waals surface area contributed by atoms with Crippen molar-refractivity contribution in [2.45, 2.75) is 26.9 Å². The van der Waals surface area contributed by atoms with Gasteiger partial charge in [-0.3, -0.25) is 4.79 Å². The van der Waals surface area contributed by atoms with Crippen LogP contribution < -0.4 is 10.1 Å². The van der Waals surface area contributed by atoms with Crippen molar-refractivity contribution in [1.82, 2.24) is 4.98 Å². The fraction of sp³-hybridized carbons (Fsp3) is 0.222. The molecule has 7 heteroatoms. The van der Waals surface area contributed by atoms with E-state index in [0.29, 0.717) is 27.0 Å². The van der Waals surface area contributed by atoms with Gasteiger partial charge in [0, 0.05) is 10.9 Å². The summed E-state index contributed by atoms with van der Waals surface area (Å²) in [6.45, 7) is 5.66.